The number of anilines is 1. The molecule has 0 heterocycles. The van der Waals surface area contributed by atoms with E-state index < -0.39 is 0 Å². The molecule has 0 saturated heterocycles. The summed E-state index contributed by atoms with van der Waals surface area (Å²) < 4.78 is 4.98. The molecule has 0 saturated carbocycles. The van der Waals surface area contributed by atoms with Crippen molar-refractivity contribution in [1.82, 2.24) is 0 Å². The van der Waals surface area contributed by atoms with E-state index in [-0.39, 0.29) is 5.97 Å². The van der Waals surface area contributed by atoms with Crippen LogP contribution in [0.5, 0.6) is 0 Å². The van der Waals surface area contributed by atoms with Gasteiger partial charge in [-0.15, -0.1) is 0 Å². The van der Waals surface area contributed by atoms with Crippen LogP contribution in [0.25, 0.3) is 0 Å². The van der Waals surface area contributed by atoms with Gasteiger partial charge in [0.25, 0.3) is 0 Å². The molecular formula is C16H15Cl2NO2. The number of carbonyl (C=O) groups is 1. The molecule has 0 fully saturated rings. The lowest BCUT2D eigenvalue weighted by Crippen LogP contribution is -2.06. The number of benzene rings is 2. The lowest BCUT2D eigenvalue weighted by Gasteiger charge is -2.10. The Bertz CT molecular complexity index is 644. The van der Waals surface area contributed by atoms with Crippen molar-refractivity contribution in [3.05, 3.63) is 63.6 Å². The first-order chi connectivity index (χ1) is 10.1. The van der Waals surface area contributed by atoms with Gasteiger partial charge in [-0.3, -0.25) is 0 Å². The molecule has 110 valence electrons. The number of carbonyl (C=O) groups excluding carboxylic acids is 1. The number of hydrogen-bond donors (Lipinski definition) is 1. The van der Waals surface area contributed by atoms with Gasteiger partial charge in [0.15, 0.2) is 0 Å². The zero-order chi connectivity index (χ0) is 15.2. The van der Waals surface area contributed by atoms with Gasteiger partial charge in [0.05, 0.1) is 12.2 Å². The third-order valence-corrected chi connectivity index (χ3v) is 3.47. The van der Waals surface area contributed by atoms with Crippen molar-refractivity contribution in [2.75, 3.05) is 11.9 Å². The summed E-state index contributed by atoms with van der Waals surface area (Å²) >= 11 is 12.1. The predicted octanol–water partition coefficient (Wildman–Crippen LogP) is 4.78. The highest BCUT2D eigenvalue weighted by Gasteiger charge is 2.07. The van der Waals surface area contributed by atoms with Crippen molar-refractivity contribution in [2.45, 2.75) is 13.5 Å². The molecule has 0 atom stereocenters. The summed E-state index contributed by atoms with van der Waals surface area (Å²) in [6, 6.07) is 12.5. The average Bonchev–Trinajstić information content (AvgIpc) is 2.49. The standard InChI is InChI=1S/C16H15Cl2NO2/c1-2-21-16(20)11-4-3-5-14(9-11)19-10-12-8-13(17)6-7-15(12)18/h3-9,19H,2,10H2,1H3. The van der Waals surface area contributed by atoms with Gasteiger partial charge in [0.2, 0.25) is 0 Å². The summed E-state index contributed by atoms with van der Waals surface area (Å²) in [5.74, 6) is -0.332. The molecule has 2 aromatic rings. The molecule has 21 heavy (non-hydrogen) atoms. The summed E-state index contributed by atoms with van der Waals surface area (Å²) in [7, 11) is 0. The highest BCUT2D eigenvalue weighted by Crippen LogP contribution is 2.22. The van der Waals surface area contributed by atoms with Crippen molar-refractivity contribution in [3.63, 3.8) is 0 Å². The quantitative estimate of drug-likeness (QED) is 0.804. The Labute approximate surface area is 133 Å². The van der Waals surface area contributed by atoms with Gasteiger partial charge in [-0.25, -0.2) is 4.79 Å². The molecular weight excluding hydrogens is 309 g/mol. The van der Waals surface area contributed by atoms with E-state index in [0.717, 1.165) is 11.3 Å². The van der Waals surface area contributed by atoms with Crippen LogP contribution < -0.4 is 5.32 Å². The van der Waals surface area contributed by atoms with Crippen LogP contribution in [0.1, 0.15) is 22.8 Å². The Balaban J connectivity index is 2.08. The van der Waals surface area contributed by atoms with Crippen LogP contribution in [0, 0.1) is 0 Å². The van der Waals surface area contributed by atoms with E-state index in [9.17, 15) is 4.79 Å². The van der Waals surface area contributed by atoms with Gasteiger partial charge in [0.1, 0.15) is 0 Å². The van der Waals surface area contributed by atoms with Crippen LogP contribution >= 0.6 is 23.2 Å². The minimum absolute atomic E-state index is 0.332. The fourth-order valence-corrected chi connectivity index (χ4v) is 2.23. The first-order valence-electron chi connectivity index (χ1n) is 6.55. The predicted molar refractivity (Wildman–Crippen MR) is 86.2 cm³/mol. The second kappa shape index (κ2) is 7.34. The molecule has 2 rings (SSSR count). The van der Waals surface area contributed by atoms with E-state index in [1.807, 2.05) is 12.1 Å². The summed E-state index contributed by atoms with van der Waals surface area (Å²) in [6.45, 7) is 2.65. The van der Waals surface area contributed by atoms with E-state index >= 15 is 0 Å². The highest BCUT2D eigenvalue weighted by molar-refractivity contribution is 6.33. The van der Waals surface area contributed by atoms with Crippen molar-refractivity contribution in [3.8, 4) is 0 Å². The van der Waals surface area contributed by atoms with Crippen LogP contribution in [0.15, 0.2) is 42.5 Å². The maximum absolute atomic E-state index is 11.7. The molecule has 5 heteroatoms. The maximum atomic E-state index is 11.7. The maximum Gasteiger partial charge on any atom is 0.338 e. The van der Waals surface area contributed by atoms with Crippen LogP contribution in [-0.4, -0.2) is 12.6 Å². The fourth-order valence-electron chi connectivity index (χ4n) is 1.85. The topological polar surface area (TPSA) is 38.3 Å². The number of hydrogen-bond acceptors (Lipinski definition) is 3. The number of nitrogens with one attached hydrogen (secondary N) is 1. The number of esters is 1. The molecule has 2 aromatic carbocycles. The van der Waals surface area contributed by atoms with E-state index in [4.69, 9.17) is 27.9 Å². The molecule has 0 aliphatic carbocycles. The Kier molecular flexibility index (Phi) is 5.48. The monoisotopic (exact) mass is 323 g/mol. The van der Waals surface area contributed by atoms with E-state index in [1.54, 1.807) is 37.3 Å². The second-order valence-corrected chi connectivity index (χ2v) is 5.23. The lowest BCUT2D eigenvalue weighted by atomic mass is 10.2. The molecule has 0 unspecified atom stereocenters. The Morgan fingerprint density at radius 2 is 2.00 bits per heavy atom. The molecule has 3 nitrogen and oxygen atoms in total. The number of halogens is 2. The molecule has 0 aliphatic rings. The first kappa shape index (κ1) is 15.7. The second-order valence-electron chi connectivity index (χ2n) is 4.39. The highest BCUT2D eigenvalue weighted by atomic mass is 35.5. The first-order valence-corrected chi connectivity index (χ1v) is 7.30. The Morgan fingerprint density at radius 1 is 1.19 bits per heavy atom. The van der Waals surface area contributed by atoms with Gasteiger partial charge in [-0.1, -0.05) is 29.3 Å². The SMILES string of the molecule is CCOC(=O)c1cccc(NCc2cc(Cl)ccc2Cl)c1. The largest absolute Gasteiger partial charge is 0.462 e. The minimum Gasteiger partial charge on any atom is -0.462 e. The molecule has 0 radical (unpaired) electrons. The summed E-state index contributed by atoms with van der Waals surface area (Å²) in [5, 5.41) is 4.50. The van der Waals surface area contributed by atoms with E-state index in [2.05, 4.69) is 5.32 Å². The van der Waals surface area contributed by atoms with Crippen LogP contribution in [-0.2, 0) is 11.3 Å². The van der Waals surface area contributed by atoms with Crippen molar-refractivity contribution in [1.29, 1.82) is 0 Å². The Morgan fingerprint density at radius 3 is 2.76 bits per heavy atom. The summed E-state index contributed by atoms with van der Waals surface area (Å²) in [5.41, 5.74) is 2.22. The van der Waals surface area contributed by atoms with Gasteiger partial charge in [-0.2, -0.15) is 0 Å². The van der Waals surface area contributed by atoms with Gasteiger partial charge < -0.3 is 10.1 Å². The smallest absolute Gasteiger partial charge is 0.338 e. The van der Waals surface area contributed by atoms with E-state index in [1.165, 1.54) is 0 Å². The van der Waals surface area contributed by atoms with Crippen molar-refractivity contribution >= 4 is 34.9 Å². The zero-order valence-electron chi connectivity index (χ0n) is 11.5. The third kappa shape index (κ3) is 4.38. The van der Waals surface area contributed by atoms with Crippen LogP contribution in [0.4, 0.5) is 5.69 Å². The lowest BCUT2D eigenvalue weighted by molar-refractivity contribution is 0.0526. The van der Waals surface area contributed by atoms with Gasteiger partial charge in [0, 0.05) is 22.3 Å². The molecule has 0 amide bonds. The molecule has 0 spiro atoms. The Hall–Kier alpha value is -1.71. The van der Waals surface area contributed by atoms with Crippen molar-refractivity contribution in [2.24, 2.45) is 0 Å². The molecule has 0 aromatic heterocycles. The van der Waals surface area contributed by atoms with Crippen LogP contribution in [0.3, 0.4) is 0 Å². The molecule has 0 aliphatic heterocycles. The van der Waals surface area contributed by atoms with Gasteiger partial charge in [-0.05, 0) is 48.9 Å². The van der Waals surface area contributed by atoms with Crippen LogP contribution in [0.2, 0.25) is 10.0 Å². The molecule has 0 bridgehead atoms. The number of rotatable bonds is 5. The summed E-state index contributed by atoms with van der Waals surface area (Å²) in [6.07, 6.45) is 0. The van der Waals surface area contributed by atoms with E-state index in [0.29, 0.717) is 28.8 Å². The molecule has 1 N–H and O–H groups in total. The van der Waals surface area contributed by atoms with Crippen molar-refractivity contribution < 1.29 is 9.53 Å². The zero-order valence-corrected chi connectivity index (χ0v) is 13.0. The third-order valence-electron chi connectivity index (χ3n) is 2.86. The minimum atomic E-state index is -0.332. The van der Waals surface area contributed by atoms with Gasteiger partial charge >= 0.3 is 5.97 Å². The average molecular weight is 324 g/mol. The fraction of sp³-hybridized carbons (Fsp3) is 0.188. The summed E-state index contributed by atoms with van der Waals surface area (Å²) in [4.78, 5) is 11.7. The normalized spacial score (nSPS) is 10.2. The number of ether oxygens (including phenoxy) is 1.